The van der Waals surface area contributed by atoms with Crippen LogP contribution in [0, 0.1) is 0 Å². The summed E-state index contributed by atoms with van der Waals surface area (Å²) in [4.78, 5) is 17.5. The molecule has 116 valence electrons. The van der Waals surface area contributed by atoms with E-state index in [1.54, 1.807) is 12.4 Å². The minimum Gasteiger partial charge on any atom is -0.352 e. The molecule has 0 saturated carbocycles. The number of hydrogen-bond donors (Lipinski definition) is 2. The molecule has 0 fully saturated rings. The van der Waals surface area contributed by atoms with Gasteiger partial charge in [-0.05, 0) is 26.0 Å². The van der Waals surface area contributed by atoms with Crippen molar-refractivity contribution in [1.82, 2.24) is 19.9 Å². The van der Waals surface area contributed by atoms with Crippen LogP contribution < -0.4 is 10.6 Å². The Kier molecular flexibility index (Phi) is 4.42. The maximum atomic E-state index is 4.51. The van der Waals surface area contributed by atoms with Gasteiger partial charge in [-0.1, -0.05) is 30.3 Å². The Balaban J connectivity index is 1.98. The van der Waals surface area contributed by atoms with Crippen LogP contribution in [-0.4, -0.2) is 26.0 Å². The molecule has 6 nitrogen and oxygen atoms in total. The van der Waals surface area contributed by atoms with Gasteiger partial charge in [0.25, 0.3) is 0 Å². The van der Waals surface area contributed by atoms with Crippen LogP contribution in [-0.2, 0) is 0 Å². The zero-order valence-electron chi connectivity index (χ0n) is 13.1. The second-order valence-electron chi connectivity index (χ2n) is 5.34. The third kappa shape index (κ3) is 4.00. The molecule has 2 aromatic heterocycles. The fourth-order valence-corrected chi connectivity index (χ4v) is 2.04. The first-order valence-electron chi connectivity index (χ1n) is 7.46. The van der Waals surface area contributed by atoms with Gasteiger partial charge in [0.1, 0.15) is 0 Å². The van der Waals surface area contributed by atoms with Gasteiger partial charge in [-0.15, -0.1) is 0 Å². The second kappa shape index (κ2) is 6.83. The van der Waals surface area contributed by atoms with Gasteiger partial charge in [-0.3, -0.25) is 4.98 Å². The predicted molar refractivity (Wildman–Crippen MR) is 91.5 cm³/mol. The molecule has 0 aliphatic heterocycles. The highest BCUT2D eigenvalue weighted by atomic mass is 15.2. The molecule has 0 bridgehead atoms. The quantitative estimate of drug-likeness (QED) is 0.751. The zero-order valence-corrected chi connectivity index (χ0v) is 13.1. The average Bonchev–Trinajstić information content (AvgIpc) is 2.56. The number of nitrogens with one attached hydrogen (secondary N) is 2. The maximum absolute atomic E-state index is 4.51. The topological polar surface area (TPSA) is 75.6 Å². The summed E-state index contributed by atoms with van der Waals surface area (Å²) in [6.07, 6.45) is 3.45. The number of pyridine rings is 1. The van der Waals surface area contributed by atoms with Crippen molar-refractivity contribution in [2.75, 3.05) is 10.6 Å². The predicted octanol–water partition coefficient (Wildman–Crippen LogP) is 3.50. The Hall–Kier alpha value is -3.02. The fourth-order valence-electron chi connectivity index (χ4n) is 2.04. The number of aromatic nitrogens is 4. The highest BCUT2D eigenvalue weighted by Gasteiger charge is 2.09. The summed E-state index contributed by atoms with van der Waals surface area (Å²) >= 11 is 0. The number of hydrogen-bond acceptors (Lipinski definition) is 6. The van der Waals surface area contributed by atoms with Crippen LogP contribution in [0.1, 0.15) is 13.8 Å². The van der Waals surface area contributed by atoms with Crippen LogP contribution in [0.4, 0.5) is 17.6 Å². The van der Waals surface area contributed by atoms with Crippen molar-refractivity contribution in [3.8, 4) is 11.4 Å². The monoisotopic (exact) mass is 306 g/mol. The SMILES string of the molecule is CC(C)Nc1nc(Nc2cccnc2)nc(-c2ccccc2)n1. The van der Waals surface area contributed by atoms with Crippen LogP contribution in [0.15, 0.2) is 54.9 Å². The highest BCUT2D eigenvalue weighted by Crippen LogP contribution is 2.19. The first-order valence-corrected chi connectivity index (χ1v) is 7.46. The van der Waals surface area contributed by atoms with Crippen LogP contribution >= 0.6 is 0 Å². The first-order chi connectivity index (χ1) is 11.2. The summed E-state index contributed by atoms with van der Waals surface area (Å²) in [5.74, 6) is 1.64. The van der Waals surface area contributed by atoms with Gasteiger partial charge in [0.2, 0.25) is 11.9 Å². The molecule has 0 unspecified atom stereocenters. The molecule has 0 amide bonds. The number of anilines is 3. The summed E-state index contributed by atoms with van der Waals surface area (Å²) in [5.41, 5.74) is 1.77. The van der Waals surface area contributed by atoms with Crippen LogP contribution in [0.3, 0.4) is 0 Å². The molecule has 0 saturated heterocycles. The molecule has 3 aromatic rings. The van der Waals surface area contributed by atoms with Crippen molar-refractivity contribution < 1.29 is 0 Å². The molecule has 2 heterocycles. The largest absolute Gasteiger partial charge is 0.352 e. The molecule has 23 heavy (non-hydrogen) atoms. The lowest BCUT2D eigenvalue weighted by Gasteiger charge is -2.12. The van der Waals surface area contributed by atoms with Gasteiger partial charge in [-0.2, -0.15) is 15.0 Å². The van der Waals surface area contributed by atoms with E-state index in [1.165, 1.54) is 0 Å². The van der Waals surface area contributed by atoms with Crippen LogP contribution in [0.25, 0.3) is 11.4 Å². The smallest absolute Gasteiger partial charge is 0.232 e. The van der Waals surface area contributed by atoms with E-state index in [1.807, 2.05) is 56.3 Å². The van der Waals surface area contributed by atoms with Gasteiger partial charge in [-0.25, -0.2) is 0 Å². The molecule has 0 aliphatic rings. The minimum absolute atomic E-state index is 0.229. The van der Waals surface area contributed by atoms with E-state index in [-0.39, 0.29) is 6.04 Å². The number of benzene rings is 1. The van der Waals surface area contributed by atoms with Gasteiger partial charge < -0.3 is 10.6 Å². The van der Waals surface area contributed by atoms with Crippen molar-refractivity contribution >= 4 is 17.6 Å². The molecule has 0 atom stereocenters. The van der Waals surface area contributed by atoms with Crippen LogP contribution in [0.5, 0.6) is 0 Å². The Labute approximate surface area is 135 Å². The van der Waals surface area contributed by atoms with E-state index in [2.05, 4.69) is 30.6 Å². The lowest BCUT2D eigenvalue weighted by Crippen LogP contribution is -2.14. The van der Waals surface area contributed by atoms with Gasteiger partial charge in [0.15, 0.2) is 5.82 Å². The summed E-state index contributed by atoms with van der Waals surface area (Å²) in [7, 11) is 0. The Morgan fingerprint density at radius 1 is 0.870 bits per heavy atom. The normalized spacial score (nSPS) is 10.6. The van der Waals surface area contributed by atoms with E-state index < -0.39 is 0 Å². The Morgan fingerprint density at radius 2 is 1.65 bits per heavy atom. The summed E-state index contributed by atoms with van der Waals surface area (Å²) in [6.45, 7) is 4.08. The zero-order chi connectivity index (χ0) is 16.1. The molecule has 6 heteroatoms. The Bertz CT molecular complexity index is 759. The standard InChI is InChI=1S/C17H18N6/c1-12(2)19-16-21-15(13-7-4-3-5-8-13)22-17(23-16)20-14-9-6-10-18-11-14/h3-12H,1-2H3,(H2,19,20,21,22,23). The van der Waals surface area contributed by atoms with E-state index in [0.29, 0.717) is 17.7 Å². The van der Waals surface area contributed by atoms with E-state index in [4.69, 9.17) is 0 Å². The molecule has 1 aromatic carbocycles. The van der Waals surface area contributed by atoms with Crippen molar-refractivity contribution in [3.05, 3.63) is 54.9 Å². The van der Waals surface area contributed by atoms with Crippen molar-refractivity contribution in [3.63, 3.8) is 0 Å². The molecule has 0 radical (unpaired) electrons. The van der Waals surface area contributed by atoms with Crippen molar-refractivity contribution in [2.24, 2.45) is 0 Å². The molecular formula is C17H18N6. The highest BCUT2D eigenvalue weighted by molar-refractivity contribution is 5.60. The van der Waals surface area contributed by atoms with Gasteiger partial charge >= 0.3 is 0 Å². The second-order valence-corrected chi connectivity index (χ2v) is 5.34. The minimum atomic E-state index is 0.229. The average molecular weight is 306 g/mol. The third-order valence-corrected chi connectivity index (χ3v) is 3.00. The van der Waals surface area contributed by atoms with E-state index >= 15 is 0 Å². The summed E-state index contributed by atoms with van der Waals surface area (Å²) in [5, 5.41) is 6.39. The van der Waals surface area contributed by atoms with Crippen molar-refractivity contribution in [1.29, 1.82) is 0 Å². The molecule has 3 rings (SSSR count). The van der Waals surface area contributed by atoms with Crippen LogP contribution in [0.2, 0.25) is 0 Å². The Morgan fingerprint density at radius 3 is 2.35 bits per heavy atom. The molecule has 0 spiro atoms. The van der Waals surface area contributed by atoms with Gasteiger partial charge in [0, 0.05) is 17.8 Å². The lowest BCUT2D eigenvalue weighted by molar-refractivity contribution is 0.869. The number of rotatable bonds is 5. The fraction of sp³-hybridized carbons (Fsp3) is 0.176. The third-order valence-electron chi connectivity index (χ3n) is 3.00. The first kappa shape index (κ1) is 14.9. The number of nitrogens with zero attached hydrogens (tertiary/aromatic N) is 4. The summed E-state index contributed by atoms with van der Waals surface area (Å²) in [6, 6.07) is 13.8. The molecular weight excluding hydrogens is 288 g/mol. The lowest BCUT2D eigenvalue weighted by atomic mass is 10.2. The van der Waals surface area contributed by atoms with Crippen molar-refractivity contribution in [2.45, 2.75) is 19.9 Å². The van der Waals surface area contributed by atoms with E-state index in [0.717, 1.165) is 11.3 Å². The summed E-state index contributed by atoms with van der Waals surface area (Å²) < 4.78 is 0. The van der Waals surface area contributed by atoms with Gasteiger partial charge in [0.05, 0.1) is 11.9 Å². The van der Waals surface area contributed by atoms with E-state index in [9.17, 15) is 0 Å². The molecule has 2 N–H and O–H groups in total. The molecule has 0 aliphatic carbocycles. The maximum Gasteiger partial charge on any atom is 0.232 e.